The van der Waals surface area contributed by atoms with Crippen LogP contribution in [0.2, 0.25) is 0 Å². The predicted octanol–water partition coefficient (Wildman–Crippen LogP) is 3.75. The number of H-pyrrole nitrogens is 1. The number of aromatic nitrogens is 2. The van der Waals surface area contributed by atoms with E-state index < -0.39 is 0 Å². The van der Waals surface area contributed by atoms with Crippen molar-refractivity contribution in [1.82, 2.24) is 15.3 Å². The summed E-state index contributed by atoms with van der Waals surface area (Å²) < 4.78 is 19.0. The maximum absolute atomic E-state index is 13.3. The first-order valence-corrected chi connectivity index (χ1v) is 7.51. The van der Waals surface area contributed by atoms with Crippen LogP contribution in [0, 0.1) is 5.82 Å². The lowest BCUT2D eigenvalue weighted by Crippen LogP contribution is -2.18. The highest BCUT2D eigenvalue weighted by atomic mass is 19.1. The molecule has 2 aromatic heterocycles. The monoisotopic (exact) mass is 323 g/mol. The molecule has 0 aliphatic rings. The number of amides is 1. The lowest BCUT2D eigenvalue weighted by Gasteiger charge is -1.99. The second kappa shape index (κ2) is 5.49. The zero-order valence-corrected chi connectivity index (χ0v) is 12.9. The van der Waals surface area contributed by atoms with E-state index >= 15 is 0 Å². The third kappa shape index (κ3) is 2.52. The van der Waals surface area contributed by atoms with Gasteiger partial charge in [-0.15, -0.1) is 0 Å². The lowest BCUT2D eigenvalue weighted by molar-refractivity contribution is -0.119. The summed E-state index contributed by atoms with van der Waals surface area (Å²) >= 11 is 0. The van der Waals surface area contributed by atoms with Crippen LogP contribution in [0.5, 0.6) is 0 Å². The number of nitrogens with zero attached hydrogens (tertiary/aromatic N) is 1. The van der Waals surface area contributed by atoms with E-state index in [0.717, 1.165) is 27.5 Å². The average molecular weight is 323 g/mol. The van der Waals surface area contributed by atoms with Gasteiger partial charge < -0.3 is 14.7 Å². The summed E-state index contributed by atoms with van der Waals surface area (Å²) in [5.74, 6) is 0.0477. The number of carbonyl (C=O) groups is 1. The Kier molecular flexibility index (Phi) is 3.30. The molecule has 0 spiro atoms. The summed E-state index contributed by atoms with van der Waals surface area (Å²) in [5, 5.41) is 3.60. The molecule has 0 aliphatic heterocycles. The predicted molar refractivity (Wildman–Crippen MR) is 88.8 cm³/mol. The largest absolute Gasteiger partial charge is 0.439 e. The van der Waals surface area contributed by atoms with Crippen LogP contribution in [0.25, 0.3) is 33.1 Å². The Morgan fingerprint density at radius 3 is 3.00 bits per heavy atom. The Morgan fingerprint density at radius 1 is 1.29 bits per heavy atom. The SMILES string of the molecule is CC(=O)NCc1nc2ccc(-c3c[nH]c4cc(F)ccc34)cc2o1. The number of aromatic amines is 1. The van der Waals surface area contributed by atoms with E-state index in [0.29, 0.717) is 11.5 Å². The van der Waals surface area contributed by atoms with Gasteiger partial charge >= 0.3 is 0 Å². The maximum atomic E-state index is 13.3. The smallest absolute Gasteiger partial charge is 0.217 e. The van der Waals surface area contributed by atoms with E-state index in [-0.39, 0.29) is 18.3 Å². The molecule has 2 aromatic carbocycles. The van der Waals surface area contributed by atoms with Crippen molar-refractivity contribution >= 4 is 27.9 Å². The number of halogens is 1. The molecule has 0 saturated heterocycles. The van der Waals surface area contributed by atoms with Gasteiger partial charge in [0.15, 0.2) is 5.58 Å². The zero-order valence-electron chi connectivity index (χ0n) is 12.9. The third-order valence-electron chi connectivity index (χ3n) is 3.88. The quantitative estimate of drug-likeness (QED) is 0.603. The number of hydrogen-bond acceptors (Lipinski definition) is 3. The fourth-order valence-electron chi connectivity index (χ4n) is 2.75. The van der Waals surface area contributed by atoms with Crippen LogP contribution in [-0.4, -0.2) is 15.9 Å². The van der Waals surface area contributed by atoms with Crippen molar-refractivity contribution in [2.75, 3.05) is 0 Å². The van der Waals surface area contributed by atoms with Crippen molar-refractivity contribution in [1.29, 1.82) is 0 Å². The molecule has 1 amide bonds. The average Bonchev–Trinajstić information content (AvgIpc) is 3.14. The molecule has 0 saturated carbocycles. The van der Waals surface area contributed by atoms with Crippen LogP contribution in [-0.2, 0) is 11.3 Å². The summed E-state index contributed by atoms with van der Waals surface area (Å²) in [5.41, 5.74) is 4.03. The molecule has 0 unspecified atom stereocenters. The van der Waals surface area contributed by atoms with Gasteiger partial charge in [0, 0.05) is 29.6 Å². The van der Waals surface area contributed by atoms with Crippen LogP contribution < -0.4 is 5.32 Å². The molecule has 0 radical (unpaired) electrons. The number of oxazole rings is 1. The molecule has 4 aromatic rings. The Hall–Kier alpha value is -3.15. The molecule has 0 aliphatic carbocycles. The standard InChI is InChI=1S/C18H14FN3O2/c1-10(23)20-9-18-22-15-5-2-11(6-17(15)24-18)14-8-21-16-7-12(19)3-4-13(14)16/h2-8,21H,9H2,1H3,(H,20,23). The number of carbonyl (C=O) groups excluding carboxylic acids is 1. The molecule has 4 rings (SSSR count). The molecular formula is C18H14FN3O2. The molecular weight excluding hydrogens is 309 g/mol. The van der Waals surface area contributed by atoms with Crippen molar-refractivity contribution in [3.63, 3.8) is 0 Å². The van der Waals surface area contributed by atoms with Crippen LogP contribution in [0.4, 0.5) is 4.39 Å². The summed E-state index contributed by atoms with van der Waals surface area (Å²) in [6, 6.07) is 10.4. The first-order valence-electron chi connectivity index (χ1n) is 7.51. The highest BCUT2D eigenvalue weighted by Gasteiger charge is 2.11. The van der Waals surface area contributed by atoms with Gasteiger partial charge in [0.2, 0.25) is 11.8 Å². The van der Waals surface area contributed by atoms with Crippen LogP contribution in [0.15, 0.2) is 47.0 Å². The fourth-order valence-corrected chi connectivity index (χ4v) is 2.75. The molecule has 2 heterocycles. The first kappa shape index (κ1) is 14.4. The van der Waals surface area contributed by atoms with Crippen molar-refractivity contribution < 1.29 is 13.6 Å². The molecule has 0 bridgehead atoms. The molecule has 6 heteroatoms. The minimum absolute atomic E-state index is 0.135. The van der Waals surface area contributed by atoms with Gasteiger partial charge in [0.1, 0.15) is 11.3 Å². The van der Waals surface area contributed by atoms with E-state index in [9.17, 15) is 9.18 Å². The molecule has 0 atom stereocenters. The topological polar surface area (TPSA) is 70.9 Å². The van der Waals surface area contributed by atoms with Gasteiger partial charge in [-0.1, -0.05) is 6.07 Å². The number of nitrogens with one attached hydrogen (secondary N) is 2. The van der Waals surface area contributed by atoms with Crippen molar-refractivity contribution in [3.8, 4) is 11.1 Å². The second-order valence-corrected chi connectivity index (χ2v) is 5.59. The van der Waals surface area contributed by atoms with E-state index in [4.69, 9.17) is 4.42 Å². The molecule has 24 heavy (non-hydrogen) atoms. The van der Waals surface area contributed by atoms with Gasteiger partial charge in [-0.25, -0.2) is 9.37 Å². The highest BCUT2D eigenvalue weighted by Crippen LogP contribution is 2.31. The Balaban J connectivity index is 1.74. The Bertz CT molecular complexity index is 1060. The van der Waals surface area contributed by atoms with Crippen LogP contribution >= 0.6 is 0 Å². The molecule has 120 valence electrons. The van der Waals surface area contributed by atoms with Gasteiger partial charge in [-0.05, 0) is 35.9 Å². The summed E-state index contributed by atoms with van der Waals surface area (Å²) in [4.78, 5) is 18.4. The van der Waals surface area contributed by atoms with Crippen LogP contribution in [0.1, 0.15) is 12.8 Å². The normalized spacial score (nSPS) is 11.2. The Morgan fingerprint density at radius 2 is 2.17 bits per heavy atom. The van der Waals surface area contributed by atoms with E-state index in [2.05, 4.69) is 15.3 Å². The van der Waals surface area contributed by atoms with E-state index in [1.807, 2.05) is 24.4 Å². The zero-order chi connectivity index (χ0) is 16.7. The highest BCUT2D eigenvalue weighted by molar-refractivity contribution is 5.97. The summed E-state index contributed by atoms with van der Waals surface area (Å²) in [7, 11) is 0. The van der Waals surface area contributed by atoms with Gasteiger partial charge in [0.05, 0.1) is 6.54 Å². The molecule has 2 N–H and O–H groups in total. The van der Waals surface area contributed by atoms with Crippen molar-refractivity contribution in [2.45, 2.75) is 13.5 Å². The second-order valence-electron chi connectivity index (χ2n) is 5.59. The number of rotatable bonds is 3. The summed E-state index contributed by atoms with van der Waals surface area (Å²) in [6.45, 7) is 1.70. The molecule has 5 nitrogen and oxygen atoms in total. The number of benzene rings is 2. The first-order chi connectivity index (χ1) is 11.6. The third-order valence-corrected chi connectivity index (χ3v) is 3.88. The van der Waals surface area contributed by atoms with E-state index in [1.165, 1.54) is 19.1 Å². The Labute approximate surface area is 136 Å². The minimum Gasteiger partial charge on any atom is -0.439 e. The van der Waals surface area contributed by atoms with Gasteiger partial charge in [0.25, 0.3) is 0 Å². The number of fused-ring (bicyclic) bond motifs is 2. The fraction of sp³-hybridized carbons (Fsp3) is 0.111. The lowest BCUT2D eigenvalue weighted by atomic mass is 10.0. The summed E-state index contributed by atoms with van der Waals surface area (Å²) in [6.07, 6.45) is 1.85. The van der Waals surface area contributed by atoms with Crippen LogP contribution in [0.3, 0.4) is 0 Å². The van der Waals surface area contributed by atoms with E-state index in [1.54, 1.807) is 6.07 Å². The van der Waals surface area contributed by atoms with Crippen molar-refractivity contribution in [2.24, 2.45) is 0 Å². The minimum atomic E-state index is -0.274. The number of hydrogen-bond donors (Lipinski definition) is 2. The maximum Gasteiger partial charge on any atom is 0.217 e. The van der Waals surface area contributed by atoms with Crippen molar-refractivity contribution in [3.05, 3.63) is 54.3 Å². The van der Waals surface area contributed by atoms with Gasteiger partial charge in [-0.3, -0.25) is 4.79 Å². The van der Waals surface area contributed by atoms with Gasteiger partial charge in [-0.2, -0.15) is 0 Å². The molecule has 0 fully saturated rings.